The first-order chi connectivity index (χ1) is 15.2. The molecular formula is C24H21N5OS. The molecule has 7 heteroatoms. The molecule has 0 fully saturated rings. The van der Waals surface area contributed by atoms with Crippen molar-refractivity contribution in [1.82, 2.24) is 14.8 Å². The average molecular weight is 428 g/mol. The standard InChI is InChI=1S/C24H21N5OS/c1-2-3-10-22-27-28-24(31-22)26-23(30)19(16-25)15-20-9-6-13-29(20)21-12-11-17-7-4-5-8-18(17)14-21/h4-9,11-15H,2-3,10H2,1H3,(H,26,28,30)/b19-15-. The van der Waals surface area contributed by atoms with Crippen LogP contribution in [0.15, 0.2) is 66.4 Å². The molecule has 0 atom stereocenters. The number of nitrogens with zero attached hydrogens (tertiary/aromatic N) is 4. The molecule has 0 aliphatic carbocycles. The Labute approximate surface area is 184 Å². The van der Waals surface area contributed by atoms with Gasteiger partial charge in [-0.3, -0.25) is 10.1 Å². The zero-order valence-electron chi connectivity index (χ0n) is 17.1. The minimum absolute atomic E-state index is 0.00560. The second-order valence-electron chi connectivity index (χ2n) is 7.06. The van der Waals surface area contributed by atoms with Crippen molar-refractivity contribution in [3.05, 3.63) is 77.1 Å². The summed E-state index contributed by atoms with van der Waals surface area (Å²) in [5, 5.41) is 23.9. The van der Waals surface area contributed by atoms with Crippen LogP contribution >= 0.6 is 11.3 Å². The zero-order valence-corrected chi connectivity index (χ0v) is 17.9. The molecule has 1 amide bonds. The molecule has 154 valence electrons. The van der Waals surface area contributed by atoms with Crippen LogP contribution in [-0.2, 0) is 11.2 Å². The van der Waals surface area contributed by atoms with Gasteiger partial charge in [0.15, 0.2) is 0 Å². The van der Waals surface area contributed by atoms with Gasteiger partial charge < -0.3 is 4.57 Å². The largest absolute Gasteiger partial charge is 0.317 e. The Balaban J connectivity index is 1.57. The van der Waals surface area contributed by atoms with E-state index in [4.69, 9.17) is 0 Å². The minimum Gasteiger partial charge on any atom is -0.317 e. The van der Waals surface area contributed by atoms with Crippen LogP contribution in [0.2, 0.25) is 0 Å². The summed E-state index contributed by atoms with van der Waals surface area (Å²) in [6, 6.07) is 20.0. The lowest BCUT2D eigenvalue weighted by Crippen LogP contribution is -2.13. The number of fused-ring (bicyclic) bond motifs is 1. The van der Waals surface area contributed by atoms with Crippen molar-refractivity contribution in [2.24, 2.45) is 0 Å². The Morgan fingerprint density at radius 2 is 2.00 bits per heavy atom. The van der Waals surface area contributed by atoms with Crippen molar-refractivity contribution >= 4 is 39.2 Å². The van der Waals surface area contributed by atoms with Crippen LogP contribution in [0.5, 0.6) is 0 Å². The van der Waals surface area contributed by atoms with Crippen molar-refractivity contribution in [2.75, 3.05) is 5.32 Å². The molecule has 4 aromatic rings. The van der Waals surface area contributed by atoms with E-state index in [9.17, 15) is 10.1 Å². The summed E-state index contributed by atoms with van der Waals surface area (Å²) in [6.07, 6.45) is 6.43. The lowest BCUT2D eigenvalue weighted by molar-refractivity contribution is -0.112. The van der Waals surface area contributed by atoms with E-state index in [1.54, 1.807) is 6.08 Å². The third kappa shape index (κ3) is 4.71. The number of carbonyl (C=O) groups is 1. The number of unbranched alkanes of at least 4 members (excludes halogenated alkanes) is 1. The normalized spacial score (nSPS) is 11.4. The number of nitrogens with one attached hydrogen (secondary N) is 1. The number of hydrogen-bond acceptors (Lipinski definition) is 5. The number of aryl methyl sites for hydroxylation is 1. The fourth-order valence-electron chi connectivity index (χ4n) is 3.27. The molecule has 0 aliphatic heterocycles. The van der Waals surface area contributed by atoms with Gasteiger partial charge in [0.05, 0.1) is 0 Å². The Kier molecular flexibility index (Phi) is 6.20. The fourth-order valence-corrected chi connectivity index (χ4v) is 4.04. The maximum absolute atomic E-state index is 12.6. The summed E-state index contributed by atoms with van der Waals surface area (Å²) in [7, 11) is 0. The Hall–Kier alpha value is -3.76. The highest BCUT2D eigenvalue weighted by Crippen LogP contribution is 2.22. The van der Waals surface area contributed by atoms with Crippen LogP contribution in [0.25, 0.3) is 22.5 Å². The van der Waals surface area contributed by atoms with Gasteiger partial charge >= 0.3 is 0 Å². The van der Waals surface area contributed by atoms with Crippen LogP contribution in [0, 0.1) is 11.3 Å². The first kappa shape index (κ1) is 20.5. The highest BCUT2D eigenvalue weighted by atomic mass is 32.1. The van der Waals surface area contributed by atoms with E-state index in [2.05, 4.69) is 46.7 Å². The van der Waals surface area contributed by atoms with E-state index in [0.717, 1.165) is 46.4 Å². The van der Waals surface area contributed by atoms with Crippen LogP contribution in [0.1, 0.15) is 30.5 Å². The third-order valence-corrected chi connectivity index (χ3v) is 5.78. The van der Waals surface area contributed by atoms with Crippen molar-refractivity contribution < 1.29 is 4.79 Å². The molecule has 2 aromatic heterocycles. The summed E-state index contributed by atoms with van der Waals surface area (Å²) in [6.45, 7) is 2.11. The van der Waals surface area contributed by atoms with Gasteiger partial charge in [-0.05, 0) is 47.5 Å². The monoisotopic (exact) mass is 427 g/mol. The van der Waals surface area contributed by atoms with E-state index >= 15 is 0 Å². The Morgan fingerprint density at radius 3 is 2.81 bits per heavy atom. The molecule has 0 saturated carbocycles. The Morgan fingerprint density at radius 1 is 1.16 bits per heavy atom. The first-order valence-electron chi connectivity index (χ1n) is 10.1. The molecule has 0 aliphatic rings. The highest BCUT2D eigenvalue weighted by Gasteiger charge is 2.14. The number of benzene rings is 2. The van der Waals surface area contributed by atoms with E-state index < -0.39 is 5.91 Å². The van der Waals surface area contributed by atoms with Gasteiger partial charge in [0.1, 0.15) is 16.6 Å². The molecule has 1 N–H and O–H groups in total. The van der Waals surface area contributed by atoms with Gasteiger partial charge in [0, 0.05) is 24.0 Å². The predicted octanol–water partition coefficient (Wildman–Crippen LogP) is 5.37. The van der Waals surface area contributed by atoms with E-state index in [1.165, 1.54) is 11.3 Å². The van der Waals surface area contributed by atoms with Gasteiger partial charge in [-0.1, -0.05) is 55.0 Å². The molecule has 2 aromatic carbocycles. The van der Waals surface area contributed by atoms with E-state index in [0.29, 0.717) is 5.13 Å². The van der Waals surface area contributed by atoms with Crippen molar-refractivity contribution in [2.45, 2.75) is 26.2 Å². The molecular weight excluding hydrogens is 406 g/mol. The number of aromatic nitrogens is 3. The second-order valence-corrected chi connectivity index (χ2v) is 8.13. The van der Waals surface area contributed by atoms with Gasteiger partial charge in [0.2, 0.25) is 5.13 Å². The lowest BCUT2D eigenvalue weighted by atomic mass is 10.1. The molecule has 0 saturated heterocycles. The smallest absolute Gasteiger partial charge is 0.268 e. The highest BCUT2D eigenvalue weighted by molar-refractivity contribution is 7.15. The van der Waals surface area contributed by atoms with Crippen molar-refractivity contribution in [3.63, 3.8) is 0 Å². The molecule has 0 bridgehead atoms. The lowest BCUT2D eigenvalue weighted by Gasteiger charge is -2.09. The molecule has 0 spiro atoms. The number of hydrogen-bond donors (Lipinski definition) is 1. The second kappa shape index (κ2) is 9.37. The summed E-state index contributed by atoms with van der Waals surface area (Å²) >= 11 is 1.34. The molecule has 4 rings (SSSR count). The quantitative estimate of drug-likeness (QED) is 0.317. The van der Waals surface area contributed by atoms with Gasteiger partial charge in [0.25, 0.3) is 5.91 Å². The minimum atomic E-state index is -0.494. The van der Waals surface area contributed by atoms with Crippen LogP contribution < -0.4 is 5.32 Å². The third-order valence-electron chi connectivity index (χ3n) is 4.88. The topological polar surface area (TPSA) is 83.6 Å². The predicted molar refractivity (Wildman–Crippen MR) is 124 cm³/mol. The molecule has 2 heterocycles. The molecule has 0 radical (unpaired) electrons. The average Bonchev–Trinajstić information content (AvgIpc) is 3.44. The van der Waals surface area contributed by atoms with Gasteiger partial charge in [-0.15, -0.1) is 10.2 Å². The van der Waals surface area contributed by atoms with Crippen LogP contribution in [0.3, 0.4) is 0 Å². The van der Waals surface area contributed by atoms with Gasteiger partial charge in [-0.25, -0.2) is 0 Å². The van der Waals surface area contributed by atoms with Crippen LogP contribution in [0.4, 0.5) is 5.13 Å². The maximum atomic E-state index is 12.6. The van der Waals surface area contributed by atoms with Crippen molar-refractivity contribution in [3.8, 4) is 11.8 Å². The summed E-state index contributed by atoms with van der Waals surface area (Å²) < 4.78 is 1.95. The summed E-state index contributed by atoms with van der Waals surface area (Å²) in [4.78, 5) is 12.6. The molecule has 0 unspecified atom stereocenters. The fraction of sp³-hybridized carbons (Fsp3) is 0.167. The molecule has 31 heavy (non-hydrogen) atoms. The first-order valence-corrected chi connectivity index (χ1v) is 10.9. The van der Waals surface area contributed by atoms with E-state index in [-0.39, 0.29) is 5.57 Å². The zero-order chi connectivity index (χ0) is 21.6. The SMILES string of the molecule is CCCCc1nnc(NC(=O)/C(C#N)=C\c2cccn2-c2ccc3ccccc3c2)s1. The van der Waals surface area contributed by atoms with Crippen LogP contribution in [-0.4, -0.2) is 20.7 Å². The summed E-state index contributed by atoms with van der Waals surface area (Å²) in [5.41, 5.74) is 1.70. The Bertz CT molecular complexity index is 1290. The van der Waals surface area contributed by atoms with E-state index in [1.807, 2.05) is 47.2 Å². The number of nitriles is 1. The number of amides is 1. The summed E-state index contributed by atoms with van der Waals surface area (Å²) in [5.74, 6) is -0.494. The molecule has 6 nitrogen and oxygen atoms in total. The number of carbonyl (C=O) groups excluding carboxylic acids is 1. The maximum Gasteiger partial charge on any atom is 0.268 e. The van der Waals surface area contributed by atoms with Crippen molar-refractivity contribution in [1.29, 1.82) is 5.26 Å². The number of anilines is 1. The number of rotatable bonds is 7. The van der Waals surface area contributed by atoms with Gasteiger partial charge in [-0.2, -0.15) is 5.26 Å².